The van der Waals surface area contributed by atoms with Crippen molar-refractivity contribution in [1.29, 1.82) is 0 Å². The lowest BCUT2D eigenvalue weighted by atomic mass is 10.1. The topological polar surface area (TPSA) is 70.2 Å². The number of ether oxygens (including phenoxy) is 1. The summed E-state index contributed by atoms with van der Waals surface area (Å²) in [6.07, 6.45) is 2.57. The highest BCUT2D eigenvalue weighted by atomic mass is 16.5. The quantitative estimate of drug-likeness (QED) is 0.547. The van der Waals surface area contributed by atoms with Crippen LogP contribution in [-0.4, -0.2) is 20.7 Å². The number of rotatable bonds is 4. The highest BCUT2D eigenvalue weighted by Gasteiger charge is 2.13. The van der Waals surface area contributed by atoms with E-state index in [9.17, 15) is 4.79 Å². The van der Waals surface area contributed by atoms with Crippen LogP contribution in [-0.2, 0) is 18.3 Å². The van der Waals surface area contributed by atoms with Gasteiger partial charge in [0.15, 0.2) is 0 Å². The third kappa shape index (κ3) is 2.72. The molecule has 0 N–H and O–H groups in total. The van der Waals surface area contributed by atoms with Crippen LogP contribution in [0.15, 0.2) is 29.0 Å². The van der Waals surface area contributed by atoms with E-state index < -0.39 is 0 Å². The number of nitrogens with zero attached hydrogens (tertiary/aromatic N) is 3. The van der Waals surface area contributed by atoms with Crippen molar-refractivity contribution in [2.45, 2.75) is 26.7 Å². The van der Waals surface area contributed by atoms with Gasteiger partial charge in [-0.05, 0) is 32.4 Å². The predicted molar refractivity (Wildman–Crippen MR) is 80.6 cm³/mol. The van der Waals surface area contributed by atoms with Gasteiger partial charge in [0.25, 0.3) is 0 Å². The zero-order valence-electron chi connectivity index (χ0n) is 12.8. The molecule has 0 saturated heterocycles. The maximum atomic E-state index is 12.0. The standard InChI is InChI=1S/C16H17N3O3/c1-10-13(11(2)22-18-10)5-7-16(20)21-12-4-6-15-14(8-12)17-9-19(15)3/h4,6,8-9H,5,7H2,1-3H3. The van der Waals surface area contributed by atoms with E-state index in [4.69, 9.17) is 9.26 Å². The van der Waals surface area contributed by atoms with Crippen molar-refractivity contribution >= 4 is 17.0 Å². The Bertz CT molecular complexity index is 813. The third-order valence-electron chi connectivity index (χ3n) is 3.69. The van der Waals surface area contributed by atoms with E-state index in [0.717, 1.165) is 28.1 Å². The van der Waals surface area contributed by atoms with Crippen molar-refractivity contribution < 1.29 is 14.1 Å². The summed E-state index contributed by atoms with van der Waals surface area (Å²) in [5, 5.41) is 3.88. The second-order valence-electron chi connectivity index (χ2n) is 5.28. The smallest absolute Gasteiger partial charge is 0.311 e. The Morgan fingerprint density at radius 2 is 2.18 bits per heavy atom. The fourth-order valence-electron chi connectivity index (χ4n) is 2.45. The van der Waals surface area contributed by atoms with Crippen LogP contribution in [0.5, 0.6) is 5.75 Å². The molecule has 0 aliphatic rings. The lowest BCUT2D eigenvalue weighted by Crippen LogP contribution is -2.09. The largest absolute Gasteiger partial charge is 0.426 e. The van der Waals surface area contributed by atoms with Gasteiger partial charge in [-0.15, -0.1) is 0 Å². The monoisotopic (exact) mass is 299 g/mol. The summed E-state index contributed by atoms with van der Waals surface area (Å²) < 4.78 is 12.4. The van der Waals surface area contributed by atoms with Gasteiger partial charge in [0.1, 0.15) is 11.5 Å². The molecule has 0 atom stereocenters. The van der Waals surface area contributed by atoms with E-state index in [1.54, 1.807) is 18.5 Å². The second kappa shape index (κ2) is 5.63. The van der Waals surface area contributed by atoms with Gasteiger partial charge in [0, 0.05) is 18.7 Å². The summed E-state index contributed by atoms with van der Waals surface area (Å²) in [5.41, 5.74) is 3.59. The van der Waals surface area contributed by atoms with Gasteiger partial charge in [-0.25, -0.2) is 4.98 Å². The number of imidazole rings is 1. The maximum absolute atomic E-state index is 12.0. The molecule has 0 bridgehead atoms. The van der Waals surface area contributed by atoms with Crippen molar-refractivity contribution in [3.8, 4) is 5.75 Å². The van der Waals surface area contributed by atoms with Crippen LogP contribution >= 0.6 is 0 Å². The highest BCUT2D eigenvalue weighted by Crippen LogP contribution is 2.20. The number of benzene rings is 1. The Balaban J connectivity index is 1.65. The first-order valence-corrected chi connectivity index (χ1v) is 7.08. The zero-order valence-corrected chi connectivity index (χ0v) is 12.8. The van der Waals surface area contributed by atoms with Crippen molar-refractivity contribution in [3.05, 3.63) is 41.5 Å². The van der Waals surface area contributed by atoms with Gasteiger partial charge >= 0.3 is 5.97 Å². The van der Waals surface area contributed by atoms with Gasteiger partial charge in [0.05, 0.1) is 29.5 Å². The number of carbonyl (C=O) groups excluding carboxylic acids is 1. The van der Waals surface area contributed by atoms with Crippen molar-refractivity contribution in [2.75, 3.05) is 0 Å². The van der Waals surface area contributed by atoms with E-state index in [1.165, 1.54) is 0 Å². The molecule has 6 nitrogen and oxygen atoms in total. The molecule has 3 rings (SSSR count). The lowest BCUT2D eigenvalue weighted by Gasteiger charge is -2.04. The molecule has 2 aromatic heterocycles. The molecule has 2 heterocycles. The molecular formula is C16H17N3O3. The van der Waals surface area contributed by atoms with E-state index in [-0.39, 0.29) is 12.4 Å². The number of aromatic nitrogens is 3. The Morgan fingerprint density at radius 3 is 2.91 bits per heavy atom. The average molecular weight is 299 g/mol. The van der Waals surface area contributed by atoms with E-state index in [0.29, 0.717) is 12.2 Å². The highest BCUT2D eigenvalue weighted by molar-refractivity contribution is 5.79. The van der Waals surface area contributed by atoms with Crippen LogP contribution < -0.4 is 4.74 Å². The Morgan fingerprint density at radius 1 is 1.36 bits per heavy atom. The van der Waals surface area contributed by atoms with Crippen LogP contribution in [0.4, 0.5) is 0 Å². The molecule has 1 aromatic carbocycles. The van der Waals surface area contributed by atoms with Crippen molar-refractivity contribution in [3.63, 3.8) is 0 Å². The van der Waals surface area contributed by atoms with Crippen molar-refractivity contribution in [1.82, 2.24) is 14.7 Å². The van der Waals surface area contributed by atoms with E-state index in [2.05, 4.69) is 10.1 Å². The van der Waals surface area contributed by atoms with Gasteiger partial charge in [-0.2, -0.15) is 0 Å². The first kappa shape index (κ1) is 14.3. The normalized spacial score (nSPS) is 11.0. The molecule has 0 aliphatic carbocycles. The predicted octanol–water partition coefficient (Wildman–Crippen LogP) is 2.72. The minimum atomic E-state index is -0.282. The SMILES string of the molecule is Cc1noc(C)c1CCC(=O)Oc1ccc2c(c1)ncn2C. The summed E-state index contributed by atoms with van der Waals surface area (Å²) >= 11 is 0. The molecular weight excluding hydrogens is 282 g/mol. The molecule has 3 aromatic rings. The molecule has 0 radical (unpaired) electrons. The van der Waals surface area contributed by atoms with Crippen LogP contribution in [0.2, 0.25) is 0 Å². The van der Waals surface area contributed by atoms with Gasteiger partial charge in [-0.3, -0.25) is 4.79 Å². The molecule has 0 spiro atoms. The fraction of sp³-hybridized carbons (Fsp3) is 0.312. The van der Waals surface area contributed by atoms with E-state index in [1.807, 2.05) is 31.5 Å². The number of fused-ring (bicyclic) bond motifs is 1. The van der Waals surface area contributed by atoms with Crippen LogP contribution in [0, 0.1) is 13.8 Å². The molecule has 0 saturated carbocycles. The fourth-order valence-corrected chi connectivity index (χ4v) is 2.45. The first-order valence-electron chi connectivity index (χ1n) is 7.08. The summed E-state index contributed by atoms with van der Waals surface area (Å²) in [7, 11) is 1.92. The van der Waals surface area contributed by atoms with Crippen molar-refractivity contribution in [2.24, 2.45) is 7.05 Å². The summed E-state index contributed by atoms with van der Waals surface area (Å²) in [6, 6.07) is 5.43. The summed E-state index contributed by atoms with van der Waals surface area (Å²) in [5.74, 6) is 0.977. The molecule has 6 heteroatoms. The number of esters is 1. The van der Waals surface area contributed by atoms with E-state index >= 15 is 0 Å². The Kier molecular flexibility index (Phi) is 3.66. The molecule has 114 valence electrons. The van der Waals surface area contributed by atoms with Crippen LogP contribution in [0.25, 0.3) is 11.0 Å². The number of aryl methyl sites for hydroxylation is 3. The number of hydrogen-bond donors (Lipinski definition) is 0. The second-order valence-corrected chi connectivity index (χ2v) is 5.28. The van der Waals surface area contributed by atoms with Crippen LogP contribution in [0.1, 0.15) is 23.4 Å². The summed E-state index contributed by atoms with van der Waals surface area (Å²) in [6.45, 7) is 3.71. The molecule has 0 aliphatic heterocycles. The minimum Gasteiger partial charge on any atom is -0.426 e. The maximum Gasteiger partial charge on any atom is 0.311 e. The summed E-state index contributed by atoms with van der Waals surface area (Å²) in [4.78, 5) is 16.2. The molecule has 0 fully saturated rings. The Hall–Kier alpha value is -2.63. The van der Waals surface area contributed by atoms with Crippen LogP contribution in [0.3, 0.4) is 0 Å². The average Bonchev–Trinajstić information content (AvgIpc) is 3.01. The number of hydrogen-bond acceptors (Lipinski definition) is 5. The van der Waals surface area contributed by atoms with Gasteiger partial charge < -0.3 is 13.8 Å². The number of carbonyl (C=O) groups is 1. The minimum absolute atomic E-state index is 0.281. The molecule has 0 amide bonds. The zero-order chi connectivity index (χ0) is 15.7. The molecule has 0 unspecified atom stereocenters. The first-order chi connectivity index (χ1) is 10.5. The van der Waals surface area contributed by atoms with Gasteiger partial charge in [0.2, 0.25) is 0 Å². The Labute approximate surface area is 127 Å². The third-order valence-corrected chi connectivity index (χ3v) is 3.69. The lowest BCUT2D eigenvalue weighted by molar-refractivity contribution is -0.134. The van der Waals surface area contributed by atoms with Gasteiger partial charge in [-0.1, -0.05) is 5.16 Å². The molecule has 22 heavy (non-hydrogen) atoms.